The summed E-state index contributed by atoms with van der Waals surface area (Å²) in [5, 5.41) is 9.68. The van der Waals surface area contributed by atoms with Crippen LogP contribution in [0, 0.1) is 6.92 Å². The summed E-state index contributed by atoms with van der Waals surface area (Å²) < 4.78 is 0. The Balaban J connectivity index is 1.82. The van der Waals surface area contributed by atoms with Crippen molar-refractivity contribution in [1.29, 1.82) is 0 Å². The first-order valence-corrected chi connectivity index (χ1v) is 7.58. The fourth-order valence-corrected chi connectivity index (χ4v) is 2.34. The van der Waals surface area contributed by atoms with Gasteiger partial charge in [-0.15, -0.1) is 0 Å². The first kappa shape index (κ1) is 15.2. The van der Waals surface area contributed by atoms with Crippen molar-refractivity contribution < 1.29 is 4.79 Å². The minimum Gasteiger partial charge on any atom is -0.363 e. The van der Waals surface area contributed by atoms with Gasteiger partial charge in [0.15, 0.2) is 0 Å². The van der Waals surface area contributed by atoms with Crippen LogP contribution in [0.5, 0.6) is 0 Å². The van der Waals surface area contributed by atoms with Crippen LogP contribution in [-0.4, -0.2) is 43.1 Å². The minimum absolute atomic E-state index is 0.0582. The number of carbonyl (C=O) groups excluding carboxylic acids is 1. The summed E-state index contributed by atoms with van der Waals surface area (Å²) in [7, 11) is 3.87. The third kappa shape index (κ3) is 4.42. The Hall–Kier alpha value is -2.15. The second-order valence-electron chi connectivity index (χ2n) is 4.78. The number of hydrogen-bond acceptors (Lipinski definition) is 6. The van der Waals surface area contributed by atoms with Gasteiger partial charge in [-0.05, 0) is 18.4 Å². The van der Waals surface area contributed by atoms with Gasteiger partial charge in [0.05, 0.1) is 0 Å². The van der Waals surface area contributed by atoms with Crippen LogP contribution in [0.15, 0.2) is 22.9 Å². The van der Waals surface area contributed by atoms with E-state index in [1.807, 2.05) is 42.7 Å². The van der Waals surface area contributed by atoms with Gasteiger partial charge in [0, 0.05) is 49.9 Å². The van der Waals surface area contributed by atoms with E-state index >= 15 is 0 Å². The summed E-state index contributed by atoms with van der Waals surface area (Å²) in [4.78, 5) is 22.4. The molecule has 2 N–H and O–H groups in total. The number of nitrogens with one attached hydrogen (secondary N) is 2. The zero-order chi connectivity index (χ0) is 15.2. The van der Waals surface area contributed by atoms with Gasteiger partial charge in [0.25, 0.3) is 5.91 Å². The molecule has 0 spiro atoms. The molecule has 6 nitrogen and oxygen atoms in total. The third-order valence-corrected chi connectivity index (χ3v) is 3.46. The topological polar surface area (TPSA) is 70.2 Å². The van der Waals surface area contributed by atoms with E-state index in [2.05, 4.69) is 20.6 Å². The summed E-state index contributed by atoms with van der Waals surface area (Å²) in [5.41, 5.74) is 1.60. The van der Waals surface area contributed by atoms with Crippen molar-refractivity contribution in [2.75, 3.05) is 37.4 Å². The summed E-state index contributed by atoms with van der Waals surface area (Å²) in [6.45, 7) is 3.02. The van der Waals surface area contributed by atoms with E-state index in [4.69, 9.17) is 0 Å². The number of aryl methyl sites for hydroxylation is 1. The van der Waals surface area contributed by atoms with Gasteiger partial charge in [-0.25, -0.2) is 4.98 Å². The molecule has 0 saturated heterocycles. The summed E-state index contributed by atoms with van der Waals surface area (Å²) in [5.74, 6) is 1.37. The highest BCUT2D eigenvalue weighted by Crippen LogP contribution is 2.11. The van der Waals surface area contributed by atoms with Crippen LogP contribution in [0.25, 0.3) is 0 Å². The van der Waals surface area contributed by atoms with E-state index in [0.717, 1.165) is 11.5 Å². The zero-order valence-corrected chi connectivity index (χ0v) is 13.2. The minimum atomic E-state index is -0.0582. The maximum Gasteiger partial charge on any atom is 0.252 e. The van der Waals surface area contributed by atoms with E-state index in [0.29, 0.717) is 24.6 Å². The van der Waals surface area contributed by atoms with Gasteiger partial charge in [0.1, 0.15) is 5.82 Å². The van der Waals surface area contributed by atoms with Crippen molar-refractivity contribution in [3.8, 4) is 0 Å². The number of hydrogen-bond donors (Lipinski definition) is 2. The molecule has 7 heteroatoms. The van der Waals surface area contributed by atoms with E-state index in [-0.39, 0.29) is 5.91 Å². The van der Waals surface area contributed by atoms with Gasteiger partial charge < -0.3 is 15.5 Å². The van der Waals surface area contributed by atoms with Crippen LogP contribution >= 0.6 is 11.3 Å². The highest BCUT2D eigenvalue weighted by Gasteiger charge is 2.05. The predicted molar refractivity (Wildman–Crippen MR) is 86.2 cm³/mol. The van der Waals surface area contributed by atoms with Crippen molar-refractivity contribution in [3.05, 3.63) is 34.2 Å². The molecule has 2 aromatic rings. The molecule has 0 unspecified atom stereocenters. The lowest BCUT2D eigenvalue weighted by Gasteiger charge is -2.13. The molecule has 0 atom stereocenters. The molecule has 0 aliphatic rings. The molecule has 21 heavy (non-hydrogen) atoms. The van der Waals surface area contributed by atoms with Crippen LogP contribution in [-0.2, 0) is 0 Å². The molecule has 0 aromatic carbocycles. The summed E-state index contributed by atoms with van der Waals surface area (Å²) in [6, 6.07) is 3.73. The van der Waals surface area contributed by atoms with E-state index in [1.54, 1.807) is 6.07 Å². The summed E-state index contributed by atoms with van der Waals surface area (Å²) >= 11 is 1.51. The highest BCUT2D eigenvalue weighted by atomic mass is 32.1. The third-order valence-electron chi connectivity index (χ3n) is 2.78. The zero-order valence-electron chi connectivity index (χ0n) is 12.4. The van der Waals surface area contributed by atoms with Gasteiger partial charge in [-0.3, -0.25) is 4.79 Å². The maximum atomic E-state index is 11.7. The molecule has 1 amide bonds. The Kier molecular flexibility index (Phi) is 5.10. The Morgan fingerprint density at radius 1 is 1.33 bits per heavy atom. The second-order valence-corrected chi connectivity index (χ2v) is 5.56. The lowest BCUT2D eigenvalue weighted by Crippen LogP contribution is -2.28. The smallest absolute Gasteiger partial charge is 0.252 e. The molecule has 0 aliphatic carbocycles. The number of anilines is 2. The van der Waals surface area contributed by atoms with Crippen LogP contribution in [0.3, 0.4) is 0 Å². The van der Waals surface area contributed by atoms with Crippen molar-refractivity contribution in [2.24, 2.45) is 0 Å². The number of carbonyl (C=O) groups is 1. The highest BCUT2D eigenvalue weighted by molar-refractivity contribution is 7.08. The Labute approximate surface area is 128 Å². The van der Waals surface area contributed by atoms with Crippen LogP contribution in [0.1, 0.15) is 16.1 Å². The molecule has 112 valence electrons. The van der Waals surface area contributed by atoms with E-state index < -0.39 is 0 Å². The van der Waals surface area contributed by atoms with E-state index in [9.17, 15) is 4.79 Å². The van der Waals surface area contributed by atoms with Gasteiger partial charge in [-0.1, -0.05) is 0 Å². The summed E-state index contributed by atoms with van der Waals surface area (Å²) in [6.07, 6.45) is 0. The number of amides is 1. The largest absolute Gasteiger partial charge is 0.363 e. The molecule has 2 heterocycles. The molecule has 2 aromatic heterocycles. The number of rotatable bonds is 6. The molecular formula is C14H19N5OS. The van der Waals surface area contributed by atoms with Crippen molar-refractivity contribution in [1.82, 2.24) is 15.3 Å². The quantitative estimate of drug-likeness (QED) is 0.796. The molecule has 2 rings (SSSR count). The number of aromatic nitrogens is 2. The number of thiophene rings is 1. The Bertz CT molecular complexity index is 597. The van der Waals surface area contributed by atoms with Gasteiger partial charge in [-0.2, -0.15) is 16.3 Å². The van der Waals surface area contributed by atoms with Crippen molar-refractivity contribution in [2.45, 2.75) is 6.92 Å². The first-order chi connectivity index (χ1) is 10.1. The molecular weight excluding hydrogens is 286 g/mol. The van der Waals surface area contributed by atoms with Crippen LogP contribution < -0.4 is 15.5 Å². The van der Waals surface area contributed by atoms with Crippen LogP contribution in [0.4, 0.5) is 11.8 Å². The van der Waals surface area contributed by atoms with Gasteiger partial charge >= 0.3 is 0 Å². The molecule has 0 aliphatic heterocycles. The lowest BCUT2D eigenvalue weighted by atomic mass is 10.3. The lowest BCUT2D eigenvalue weighted by molar-refractivity contribution is 0.0955. The maximum absolute atomic E-state index is 11.7. The predicted octanol–water partition coefficient (Wildman–Crippen LogP) is 1.75. The average Bonchev–Trinajstić information content (AvgIpc) is 2.97. The number of nitrogens with zero attached hydrogens (tertiary/aromatic N) is 3. The Morgan fingerprint density at radius 3 is 2.81 bits per heavy atom. The van der Waals surface area contributed by atoms with Gasteiger partial charge in [0.2, 0.25) is 5.95 Å². The first-order valence-electron chi connectivity index (χ1n) is 6.63. The van der Waals surface area contributed by atoms with Crippen molar-refractivity contribution in [3.63, 3.8) is 0 Å². The average molecular weight is 305 g/mol. The second kappa shape index (κ2) is 7.03. The van der Waals surface area contributed by atoms with Crippen LogP contribution in [0.2, 0.25) is 0 Å². The standard InChI is InChI=1S/C14H19N5OS/c1-10-8-12(19(2)3)18-14(17-10)16-6-5-15-13(20)11-4-7-21-9-11/h4,7-9H,5-6H2,1-3H3,(H,15,20)(H,16,17,18). The Morgan fingerprint density at radius 2 is 2.14 bits per heavy atom. The fraction of sp³-hybridized carbons (Fsp3) is 0.357. The molecule has 0 saturated carbocycles. The monoisotopic (exact) mass is 305 g/mol. The fourth-order valence-electron chi connectivity index (χ4n) is 1.71. The molecule has 0 bridgehead atoms. The normalized spacial score (nSPS) is 10.2. The SMILES string of the molecule is Cc1cc(N(C)C)nc(NCCNC(=O)c2ccsc2)n1. The molecule has 0 fully saturated rings. The molecule has 0 radical (unpaired) electrons. The van der Waals surface area contributed by atoms with Crippen molar-refractivity contribution >= 4 is 29.0 Å². The van der Waals surface area contributed by atoms with E-state index in [1.165, 1.54) is 11.3 Å².